The Kier molecular flexibility index (Phi) is 4.51. The van der Waals surface area contributed by atoms with Crippen molar-refractivity contribution in [2.75, 3.05) is 38.7 Å². The SMILES string of the molecule is CN(C)CCCN[C@@H]1CS(=O)(=O)C[C@@H]1O. The molecule has 2 atom stereocenters. The lowest BCUT2D eigenvalue weighted by Gasteiger charge is -2.15. The average molecular weight is 236 g/mol. The molecule has 1 rings (SSSR count). The summed E-state index contributed by atoms with van der Waals surface area (Å²) >= 11 is 0. The number of hydrogen-bond acceptors (Lipinski definition) is 5. The molecule has 5 nitrogen and oxygen atoms in total. The highest BCUT2D eigenvalue weighted by atomic mass is 32.2. The highest BCUT2D eigenvalue weighted by Crippen LogP contribution is 2.12. The van der Waals surface area contributed by atoms with Crippen LogP contribution >= 0.6 is 0 Å². The van der Waals surface area contributed by atoms with Crippen molar-refractivity contribution in [3.8, 4) is 0 Å². The van der Waals surface area contributed by atoms with Crippen LogP contribution in [0.25, 0.3) is 0 Å². The molecule has 0 aromatic heterocycles. The van der Waals surface area contributed by atoms with Crippen LogP contribution in [0.15, 0.2) is 0 Å². The van der Waals surface area contributed by atoms with Crippen molar-refractivity contribution in [3.63, 3.8) is 0 Å². The summed E-state index contributed by atoms with van der Waals surface area (Å²) in [5.41, 5.74) is 0. The van der Waals surface area contributed by atoms with Gasteiger partial charge < -0.3 is 15.3 Å². The Bertz CT molecular complexity index is 290. The topological polar surface area (TPSA) is 69.6 Å². The first-order chi connectivity index (χ1) is 6.91. The summed E-state index contributed by atoms with van der Waals surface area (Å²) in [4.78, 5) is 2.07. The van der Waals surface area contributed by atoms with Crippen molar-refractivity contribution in [3.05, 3.63) is 0 Å². The summed E-state index contributed by atoms with van der Waals surface area (Å²) in [5, 5.41) is 12.6. The highest BCUT2D eigenvalue weighted by Gasteiger charge is 2.35. The first-order valence-corrected chi connectivity index (χ1v) is 6.99. The summed E-state index contributed by atoms with van der Waals surface area (Å²) in [6, 6.07) is -0.280. The summed E-state index contributed by atoms with van der Waals surface area (Å²) in [6.07, 6.45) is 0.213. The van der Waals surface area contributed by atoms with Gasteiger partial charge in [-0.3, -0.25) is 0 Å². The monoisotopic (exact) mass is 236 g/mol. The van der Waals surface area contributed by atoms with E-state index in [1.54, 1.807) is 0 Å². The van der Waals surface area contributed by atoms with E-state index in [-0.39, 0.29) is 17.5 Å². The molecule has 15 heavy (non-hydrogen) atoms. The van der Waals surface area contributed by atoms with Gasteiger partial charge in [0.2, 0.25) is 0 Å². The van der Waals surface area contributed by atoms with Crippen molar-refractivity contribution in [1.82, 2.24) is 10.2 Å². The van der Waals surface area contributed by atoms with Crippen LogP contribution in [0, 0.1) is 0 Å². The molecule has 0 aromatic carbocycles. The van der Waals surface area contributed by atoms with E-state index in [0.717, 1.165) is 19.5 Å². The maximum absolute atomic E-state index is 11.2. The molecule has 0 radical (unpaired) electrons. The summed E-state index contributed by atoms with van der Waals surface area (Å²) in [7, 11) is 0.969. The van der Waals surface area contributed by atoms with Gasteiger partial charge >= 0.3 is 0 Å². The molecule has 90 valence electrons. The Balaban J connectivity index is 2.23. The van der Waals surface area contributed by atoms with Gasteiger partial charge in [0.15, 0.2) is 9.84 Å². The Hall–Kier alpha value is -0.170. The van der Waals surface area contributed by atoms with E-state index in [4.69, 9.17) is 0 Å². The molecule has 0 saturated carbocycles. The van der Waals surface area contributed by atoms with Crippen molar-refractivity contribution >= 4 is 9.84 Å². The molecule has 1 aliphatic heterocycles. The molecule has 1 aliphatic rings. The van der Waals surface area contributed by atoms with E-state index in [1.807, 2.05) is 14.1 Å². The van der Waals surface area contributed by atoms with Gasteiger partial charge in [-0.25, -0.2) is 8.42 Å². The molecule has 0 amide bonds. The third-order valence-corrected chi connectivity index (χ3v) is 4.23. The molecule has 1 heterocycles. The lowest BCUT2D eigenvalue weighted by Crippen LogP contribution is -2.39. The standard InChI is InChI=1S/C9H20N2O3S/c1-11(2)5-3-4-10-8-6-15(13,14)7-9(8)12/h8-10,12H,3-7H2,1-2H3/t8-,9+/m1/s1. The van der Waals surface area contributed by atoms with Gasteiger partial charge in [0.25, 0.3) is 0 Å². The van der Waals surface area contributed by atoms with Crippen LogP contribution in [0.5, 0.6) is 0 Å². The number of nitrogens with one attached hydrogen (secondary N) is 1. The smallest absolute Gasteiger partial charge is 0.154 e. The van der Waals surface area contributed by atoms with Gasteiger partial charge in [0, 0.05) is 6.04 Å². The molecule has 0 aliphatic carbocycles. The first kappa shape index (κ1) is 12.9. The van der Waals surface area contributed by atoms with Crippen LogP contribution in [-0.2, 0) is 9.84 Å². The molecule has 6 heteroatoms. The largest absolute Gasteiger partial charge is 0.390 e. The predicted octanol–water partition coefficient (Wildman–Crippen LogP) is -1.31. The number of nitrogens with zero attached hydrogens (tertiary/aromatic N) is 1. The molecule has 0 bridgehead atoms. The Morgan fingerprint density at radius 2 is 2.07 bits per heavy atom. The molecule has 1 fully saturated rings. The van der Waals surface area contributed by atoms with Gasteiger partial charge in [-0.15, -0.1) is 0 Å². The second kappa shape index (κ2) is 5.25. The minimum Gasteiger partial charge on any atom is -0.390 e. The zero-order valence-electron chi connectivity index (χ0n) is 9.31. The third-order valence-electron chi connectivity index (χ3n) is 2.51. The fourth-order valence-corrected chi connectivity index (χ4v) is 3.48. The minimum absolute atomic E-state index is 0.0656. The Labute approximate surface area is 91.4 Å². The van der Waals surface area contributed by atoms with Crippen LogP contribution in [0.3, 0.4) is 0 Å². The summed E-state index contributed by atoms with van der Waals surface area (Å²) < 4.78 is 22.4. The highest BCUT2D eigenvalue weighted by molar-refractivity contribution is 7.91. The van der Waals surface area contributed by atoms with Crippen LogP contribution < -0.4 is 5.32 Å². The number of aliphatic hydroxyl groups is 1. The molecule has 0 unspecified atom stereocenters. The lowest BCUT2D eigenvalue weighted by atomic mass is 10.2. The Morgan fingerprint density at radius 1 is 1.40 bits per heavy atom. The average Bonchev–Trinajstić information content (AvgIpc) is 2.33. The van der Waals surface area contributed by atoms with Gasteiger partial charge in [0.1, 0.15) is 0 Å². The second-order valence-corrected chi connectivity index (χ2v) is 6.52. The fraction of sp³-hybridized carbons (Fsp3) is 1.00. The Morgan fingerprint density at radius 3 is 2.53 bits per heavy atom. The lowest BCUT2D eigenvalue weighted by molar-refractivity contribution is 0.165. The molecule has 0 aromatic rings. The van der Waals surface area contributed by atoms with E-state index in [2.05, 4.69) is 10.2 Å². The van der Waals surface area contributed by atoms with Gasteiger partial charge in [-0.1, -0.05) is 0 Å². The van der Waals surface area contributed by atoms with E-state index in [1.165, 1.54) is 0 Å². The number of aliphatic hydroxyl groups excluding tert-OH is 1. The normalized spacial score (nSPS) is 29.9. The van der Waals surface area contributed by atoms with Crippen molar-refractivity contribution < 1.29 is 13.5 Å². The molecule has 0 spiro atoms. The second-order valence-electron chi connectivity index (χ2n) is 4.36. The number of rotatable bonds is 5. The quantitative estimate of drug-likeness (QED) is 0.580. The van der Waals surface area contributed by atoms with E-state index >= 15 is 0 Å². The summed E-state index contributed by atoms with van der Waals surface area (Å²) in [6.45, 7) is 1.71. The van der Waals surface area contributed by atoms with Gasteiger partial charge in [0.05, 0.1) is 17.6 Å². The third kappa shape index (κ3) is 4.46. The van der Waals surface area contributed by atoms with E-state index in [0.29, 0.717) is 0 Å². The minimum atomic E-state index is -3.02. The number of hydrogen-bond donors (Lipinski definition) is 2. The zero-order chi connectivity index (χ0) is 11.5. The van der Waals surface area contributed by atoms with Crippen LogP contribution in [-0.4, -0.2) is 69.3 Å². The van der Waals surface area contributed by atoms with Gasteiger partial charge in [-0.2, -0.15) is 0 Å². The van der Waals surface area contributed by atoms with Crippen LogP contribution in [0.2, 0.25) is 0 Å². The van der Waals surface area contributed by atoms with Crippen molar-refractivity contribution in [1.29, 1.82) is 0 Å². The maximum Gasteiger partial charge on any atom is 0.154 e. The van der Waals surface area contributed by atoms with Crippen LogP contribution in [0.1, 0.15) is 6.42 Å². The summed E-state index contributed by atoms with van der Waals surface area (Å²) in [5.74, 6) is -0.0333. The van der Waals surface area contributed by atoms with Crippen molar-refractivity contribution in [2.24, 2.45) is 0 Å². The van der Waals surface area contributed by atoms with Gasteiger partial charge in [-0.05, 0) is 33.6 Å². The molecular formula is C9H20N2O3S. The van der Waals surface area contributed by atoms with Crippen LogP contribution in [0.4, 0.5) is 0 Å². The molecule has 2 N–H and O–H groups in total. The number of sulfone groups is 1. The fourth-order valence-electron chi connectivity index (χ4n) is 1.71. The van der Waals surface area contributed by atoms with Crippen molar-refractivity contribution in [2.45, 2.75) is 18.6 Å². The maximum atomic E-state index is 11.2. The van der Waals surface area contributed by atoms with E-state index < -0.39 is 15.9 Å². The predicted molar refractivity (Wildman–Crippen MR) is 59.6 cm³/mol. The zero-order valence-corrected chi connectivity index (χ0v) is 10.1. The molecule has 1 saturated heterocycles. The first-order valence-electron chi connectivity index (χ1n) is 5.17. The molecular weight excluding hydrogens is 216 g/mol. The van der Waals surface area contributed by atoms with E-state index in [9.17, 15) is 13.5 Å².